The lowest BCUT2D eigenvalue weighted by molar-refractivity contribution is -0.141. The van der Waals surface area contributed by atoms with E-state index in [1.165, 1.54) is 39.6 Å². The molecule has 0 radical (unpaired) electrons. The number of thiazole rings is 1. The maximum Gasteiger partial charge on any atom is 0.259 e. The molecule has 4 aromatic rings. The Morgan fingerprint density at radius 2 is 1.86 bits per heavy atom. The van der Waals surface area contributed by atoms with Gasteiger partial charge in [0.25, 0.3) is 5.91 Å². The molecule has 14 nitrogen and oxygen atoms in total. The summed E-state index contributed by atoms with van der Waals surface area (Å²) in [5, 5.41) is 8.87. The summed E-state index contributed by atoms with van der Waals surface area (Å²) in [5.74, 6) is -0.225. The molecule has 2 N–H and O–H groups in total. The quantitative estimate of drug-likeness (QED) is 0.0824. The van der Waals surface area contributed by atoms with Crippen molar-refractivity contribution in [2.45, 2.75) is 98.4 Å². The lowest BCUT2D eigenvalue weighted by atomic mass is 9.83. The van der Waals surface area contributed by atoms with E-state index in [0.717, 1.165) is 79.1 Å². The highest BCUT2D eigenvalue weighted by Gasteiger charge is 2.33. The van der Waals surface area contributed by atoms with Gasteiger partial charge in [0.1, 0.15) is 12.3 Å². The van der Waals surface area contributed by atoms with Gasteiger partial charge in [0.2, 0.25) is 11.8 Å². The number of nitrogens with one attached hydrogen (secondary N) is 2. The van der Waals surface area contributed by atoms with Crippen LogP contribution < -0.4 is 10.7 Å². The minimum atomic E-state index is -0.736. The third kappa shape index (κ3) is 12.8. The van der Waals surface area contributed by atoms with E-state index in [-0.39, 0.29) is 47.1 Å². The first-order valence-electron chi connectivity index (χ1n) is 23.0. The summed E-state index contributed by atoms with van der Waals surface area (Å²) in [4.78, 5) is 64.5. The van der Waals surface area contributed by atoms with Crippen LogP contribution in [0.3, 0.4) is 0 Å². The molecule has 2 aliphatic rings. The van der Waals surface area contributed by atoms with Crippen LogP contribution in [0.25, 0.3) is 33.4 Å². The summed E-state index contributed by atoms with van der Waals surface area (Å²) in [5.41, 5.74) is 10.8. The van der Waals surface area contributed by atoms with E-state index in [4.69, 9.17) is 14.7 Å². The molecule has 1 aromatic carbocycles. The number of pyridine rings is 1. The van der Waals surface area contributed by atoms with Crippen molar-refractivity contribution in [2.75, 3.05) is 68.0 Å². The Labute approximate surface area is 390 Å². The number of ether oxygens (including phenoxy) is 1. The van der Waals surface area contributed by atoms with E-state index in [9.17, 15) is 19.2 Å². The van der Waals surface area contributed by atoms with Gasteiger partial charge in [-0.05, 0) is 115 Å². The van der Waals surface area contributed by atoms with Gasteiger partial charge >= 0.3 is 0 Å². The highest BCUT2D eigenvalue weighted by atomic mass is 32.1. The summed E-state index contributed by atoms with van der Waals surface area (Å²) < 4.78 is 8.23. The molecule has 354 valence electrons. The Bertz CT molecular complexity index is 2250. The fourth-order valence-corrected chi connectivity index (χ4v) is 10.3. The topological polar surface area (TPSA) is 145 Å². The Morgan fingerprint density at radius 3 is 2.46 bits per heavy atom. The zero-order valence-electron chi connectivity index (χ0n) is 40.6. The van der Waals surface area contributed by atoms with Crippen molar-refractivity contribution < 1.29 is 23.9 Å². The molecule has 4 unspecified atom stereocenters. The van der Waals surface area contributed by atoms with Crippen LogP contribution in [0.4, 0.5) is 0 Å². The number of hydrogen-bond donors (Lipinski definition) is 2. The van der Waals surface area contributed by atoms with E-state index in [1.807, 2.05) is 45.1 Å². The smallest absolute Gasteiger partial charge is 0.259 e. The average molecular weight is 912 g/mol. The number of likely N-dealkylation sites (N-methyl/N-ethyl adjacent to an activating group) is 1. The molecular weight excluding hydrogens is 839 g/mol. The summed E-state index contributed by atoms with van der Waals surface area (Å²) in [7, 11) is 9.80. The maximum atomic E-state index is 13.9. The molecular formula is C50H73N9O5S. The fraction of sp³-hybridized carbons (Fsp3) is 0.560. The van der Waals surface area contributed by atoms with Gasteiger partial charge in [-0.3, -0.25) is 29.3 Å². The number of carbonyl (C=O) groups excluding carboxylic acids is 4. The SMILES string of the molecule is C=CC(=O)N1CCC(C=O)C1.CCn1c(-c2cccnc2C(C)OC)c(CC(C)(C)CN(C)C)c2cc(-c3csc(CC(NC(=O)C(C(C)C)N(C)C)C(=O)N4CCCCN4)n3)ccc21. The Hall–Kier alpha value is -4.80. The Kier molecular flexibility index (Phi) is 18.2. The highest BCUT2D eigenvalue weighted by molar-refractivity contribution is 7.10. The minimum Gasteiger partial charge on any atom is -0.375 e. The van der Waals surface area contributed by atoms with Crippen LogP contribution in [-0.2, 0) is 43.3 Å². The van der Waals surface area contributed by atoms with Crippen molar-refractivity contribution in [3.05, 3.63) is 70.8 Å². The number of amides is 3. The second kappa shape index (κ2) is 23.1. The summed E-state index contributed by atoms with van der Waals surface area (Å²) in [6.07, 6.45) is 7.80. The molecule has 65 heavy (non-hydrogen) atoms. The van der Waals surface area contributed by atoms with Crippen LogP contribution in [0.5, 0.6) is 0 Å². The van der Waals surface area contributed by atoms with Crippen LogP contribution in [-0.4, -0.2) is 138 Å². The first-order valence-corrected chi connectivity index (χ1v) is 23.9. The number of fused-ring (bicyclic) bond motifs is 1. The number of rotatable bonds is 18. The first-order chi connectivity index (χ1) is 30.9. The van der Waals surface area contributed by atoms with Crippen molar-refractivity contribution in [2.24, 2.45) is 17.3 Å². The predicted octanol–water partition coefficient (Wildman–Crippen LogP) is 6.64. The molecule has 15 heteroatoms. The fourth-order valence-electron chi connectivity index (χ4n) is 9.44. The Morgan fingerprint density at radius 1 is 1.11 bits per heavy atom. The standard InChI is InChI=1S/C42H62N8O3S.C8H11NO2/c1-12-49-35-18-17-29(22-31(35)32(24-42(5,6)26-47(7)8)39(49)30-16-15-19-43-37(30)28(4)53-11)34-25-54-36(45-34)23-33(41(52)50-21-14-13-20-44-50)46-40(51)38(27(2)3)48(9)10;1-2-8(11)9-4-3-7(5-9)6-10/h15-19,22,25,27-28,33,38,44H,12-14,20-21,23-24,26H2,1-11H3,(H,46,51);2,6-7H,1,3-5H2. The van der Waals surface area contributed by atoms with E-state index >= 15 is 0 Å². The largest absolute Gasteiger partial charge is 0.375 e. The van der Waals surface area contributed by atoms with Crippen molar-refractivity contribution in [1.82, 2.24) is 45.0 Å². The monoisotopic (exact) mass is 912 g/mol. The molecule has 3 aromatic heterocycles. The predicted molar refractivity (Wildman–Crippen MR) is 261 cm³/mol. The Balaban J connectivity index is 0.000000630. The highest BCUT2D eigenvalue weighted by Crippen LogP contribution is 2.42. The van der Waals surface area contributed by atoms with Crippen LogP contribution in [0.15, 0.2) is 54.6 Å². The number of hydrogen-bond acceptors (Lipinski definition) is 11. The van der Waals surface area contributed by atoms with Gasteiger partial charge in [0.15, 0.2) is 0 Å². The number of carbonyl (C=O) groups is 4. The van der Waals surface area contributed by atoms with E-state index in [1.54, 1.807) is 17.0 Å². The number of benzene rings is 1. The number of aryl methyl sites for hydroxylation is 1. The molecule has 0 saturated carbocycles. The normalized spacial score (nSPS) is 17.0. The molecule has 2 aliphatic heterocycles. The van der Waals surface area contributed by atoms with Gasteiger partial charge in [-0.2, -0.15) is 0 Å². The van der Waals surface area contributed by atoms with Crippen molar-refractivity contribution in [3.8, 4) is 22.5 Å². The van der Waals surface area contributed by atoms with Crippen molar-refractivity contribution >= 4 is 46.2 Å². The van der Waals surface area contributed by atoms with Gasteiger partial charge in [-0.1, -0.05) is 40.3 Å². The zero-order valence-corrected chi connectivity index (χ0v) is 41.5. The second-order valence-corrected chi connectivity index (χ2v) is 20.0. The van der Waals surface area contributed by atoms with Crippen molar-refractivity contribution in [3.63, 3.8) is 0 Å². The molecule has 3 amide bonds. The van der Waals surface area contributed by atoms with E-state index < -0.39 is 6.04 Å². The lowest BCUT2D eigenvalue weighted by Crippen LogP contribution is -2.58. The number of methoxy groups -OCH3 is 1. The molecule has 2 fully saturated rings. The third-order valence-electron chi connectivity index (χ3n) is 12.3. The van der Waals surface area contributed by atoms with Gasteiger partial charge < -0.3 is 29.2 Å². The van der Waals surface area contributed by atoms with Gasteiger partial charge in [-0.15, -0.1) is 11.3 Å². The molecule has 0 bridgehead atoms. The average Bonchev–Trinajstić information content (AvgIpc) is 4.03. The van der Waals surface area contributed by atoms with E-state index in [2.05, 4.69) is 98.2 Å². The minimum absolute atomic E-state index is 0.0134. The maximum absolute atomic E-state index is 13.9. The number of likely N-dealkylation sites (tertiary alicyclic amines) is 1. The number of aromatic nitrogens is 3. The molecule has 2 saturated heterocycles. The molecule has 0 spiro atoms. The number of hydrazine groups is 1. The van der Waals surface area contributed by atoms with Gasteiger partial charge in [0.05, 0.1) is 34.2 Å². The molecule has 0 aliphatic carbocycles. The molecule has 6 rings (SSSR count). The molecule has 4 atom stereocenters. The van der Waals surface area contributed by atoms with Crippen LogP contribution in [0.2, 0.25) is 0 Å². The first kappa shape index (κ1) is 51.2. The zero-order chi connectivity index (χ0) is 47.6. The van der Waals surface area contributed by atoms with Crippen LogP contribution >= 0.6 is 11.3 Å². The second-order valence-electron chi connectivity index (χ2n) is 19.0. The number of aldehydes is 1. The van der Waals surface area contributed by atoms with Crippen molar-refractivity contribution in [1.29, 1.82) is 0 Å². The summed E-state index contributed by atoms with van der Waals surface area (Å²) in [6, 6.07) is 9.75. The van der Waals surface area contributed by atoms with E-state index in [0.29, 0.717) is 26.1 Å². The summed E-state index contributed by atoms with van der Waals surface area (Å²) in [6.45, 7) is 20.7. The lowest BCUT2D eigenvalue weighted by Gasteiger charge is -2.33. The van der Waals surface area contributed by atoms with Gasteiger partial charge in [-0.25, -0.2) is 10.4 Å². The molecule has 5 heterocycles. The van der Waals surface area contributed by atoms with Crippen LogP contribution in [0.1, 0.15) is 83.2 Å². The third-order valence-corrected chi connectivity index (χ3v) is 13.2. The number of nitrogens with zero attached hydrogens (tertiary/aromatic N) is 7. The van der Waals surface area contributed by atoms with Gasteiger partial charge in [0, 0.05) is 92.3 Å². The summed E-state index contributed by atoms with van der Waals surface area (Å²) >= 11 is 1.53. The van der Waals surface area contributed by atoms with Crippen LogP contribution in [0, 0.1) is 17.3 Å².